The Morgan fingerprint density at radius 2 is 2.03 bits per heavy atom. The van der Waals surface area contributed by atoms with Crippen molar-refractivity contribution in [1.29, 1.82) is 0 Å². The van der Waals surface area contributed by atoms with E-state index in [4.69, 9.17) is 4.74 Å². The second-order valence-corrected chi connectivity index (χ2v) is 9.81. The summed E-state index contributed by atoms with van der Waals surface area (Å²) in [6.07, 6.45) is 5.35. The zero-order valence-corrected chi connectivity index (χ0v) is 19.1. The highest BCUT2D eigenvalue weighted by molar-refractivity contribution is 7.17. The largest absolute Gasteiger partial charge is 0.459 e. The fraction of sp³-hybridized carbons (Fsp3) is 0.500. The molecule has 5 nitrogen and oxygen atoms in total. The predicted octanol–water partition coefficient (Wildman–Crippen LogP) is 5.11. The Balaban J connectivity index is 1.57. The highest BCUT2D eigenvalue weighted by atomic mass is 32.1. The molecule has 1 atom stereocenters. The van der Waals surface area contributed by atoms with Crippen LogP contribution in [0.2, 0.25) is 0 Å². The molecule has 1 aromatic carbocycles. The van der Waals surface area contributed by atoms with Gasteiger partial charge in [-0.2, -0.15) is 0 Å². The molecule has 166 valence electrons. The smallest absolute Gasteiger partial charge is 0.341 e. The molecule has 1 aliphatic heterocycles. The number of esters is 1. The van der Waals surface area contributed by atoms with Gasteiger partial charge in [-0.1, -0.05) is 0 Å². The Hall–Kier alpha value is -2.41. The average Bonchev–Trinajstić information content (AvgIpc) is 3.07. The van der Waals surface area contributed by atoms with Crippen LogP contribution in [-0.2, 0) is 28.8 Å². The van der Waals surface area contributed by atoms with Crippen molar-refractivity contribution < 1.29 is 18.7 Å². The SMILES string of the molecule is CC(C)OC(=O)c1c(NC(=O)CN2c3ccc(F)cc3CCC2C)sc2c1CCCC2. The van der Waals surface area contributed by atoms with Gasteiger partial charge in [0.1, 0.15) is 10.8 Å². The Morgan fingerprint density at radius 1 is 1.26 bits per heavy atom. The summed E-state index contributed by atoms with van der Waals surface area (Å²) in [6.45, 7) is 5.88. The number of ether oxygens (including phenoxy) is 1. The van der Waals surface area contributed by atoms with Crippen LogP contribution in [0.1, 0.15) is 66.4 Å². The first-order valence-corrected chi connectivity index (χ1v) is 11.9. The highest BCUT2D eigenvalue weighted by Crippen LogP contribution is 2.39. The lowest BCUT2D eigenvalue weighted by Crippen LogP contribution is -2.42. The lowest BCUT2D eigenvalue weighted by molar-refractivity contribution is -0.115. The van der Waals surface area contributed by atoms with Gasteiger partial charge in [0.05, 0.1) is 18.2 Å². The van der Waals surface area contributed by atoms with Gasteiger partial charge >= 0.3 is 5.97 Å². The molecular formula is C24H29FN2O3S. The first-order valence-electron chi connectivity index (χ1n) is 11.0. The molecule has 2 heterocycles. The van der Waals surface area contributed by atoms with E-state index in [-0.39, 0.29) is 36.4 Å². The number of amides is 1. The lowest BCUT2D eigenvalue weighted by Gasteiger charge is -2.36. The number of carbonyl (C=O) groups excluding carboxylic acids is 2. The van der Waals surface area contributed by atoms with E-state index in [1.165, 1.54) is 22.3 Å². The van der Waals surface area contributed by atoms with E-state index >= 15 is 0 Å². The van der Waals surface area contributed by atoms with E-state index in [2.05, 4.69) is 12.2 Å². The molecule has 0 fully saturated rings. The van der Waals surface area contributed by atoms with E-state index < -0.39 is 0 Å². The Morgan fingerprint density at radius 3 is 2.81 bits per heavy atom. The van der Waals surface area contributed by atoms with Crippen molar-refractivity contribution in [3.8, 4) is 0 Å². The van der Waals surface area contributed by atoms with Gasteiger partial charge in [-0.15, -0.1) is 11.3 Å². The van der Waals surface area contributed by atoms with Gasteiger partial charge in [-0.05, 0) is 88.6 Å². The number of halogens is 1. The van der Waals surface area contributed by atoms with Gasteiger partial charge in [0.25, 0.3) is 0 Å². The van der Waals surface area contributed by atoms with Crippen LogP contribution in [0.25, 0.3) is 0 Å². The van der Waals surface area contributed by atoms with E-state index in [0.29, 0.717) is 10.6 Å². The number of nitrogens with one attached hydrogen (secondary N) is 1. The molecule has 0 saturated heterocycles. The number of nitrogens with zero attached hydrogens (tertiary/aromatic N) is 1. The normalized spacial score (nSPS) is 17.8. The lowest BCUT2D eigenvalue weighted by atomic mass is 9.95. The topological polar surface area (TPSA) is 58.6 Å². The molecular weight excluding hydrogens is 415 g/mol. The van der Waals surface area contributed by atoms with Crippen molar-refractivity contribution in [1.82, 2.24) is 0 Å². The standard InChI is InChI=1S/C24H29FN2O3S/c1-14(2)30-24(29)22-18-6-4-5-7-20(18)31-23(22)26-21(28)13-27-15(3)8-9-16-12-17(25)10-11-19(16)27/h10-12,14-15H,4-9,13H2,1-3H3,(H,26,28). The van der Waals surface area contributed by atoms with Crippen molar-refractivity contribution in [3.05, 3.63) is 45.6 Å². The summed E-state index contributed by atoms with van der Waals surface area (Å²) < 4.78 is 19.1. The minimum atomic E-state index is -0.364. The first kappa shape index (κ1) is 21.8. The zero-order valence-electron chi connectivity index (χ0n) is 18.3. The van der Waals surface area contributed by atoms with Gasteiger partial charge in [0.2, 0.25) is 5.91 Å². The second kappa shape index (κ2) is 8.99. The fourth-order valence-electron chi connectivity index (χ4n) is 4.50. The number of benzene rings is 1. The number of rotatable bonds is 5. The van der Waals surface area contributed by atoms with Crippen LogP contribution in [0.5, 0.6) is 0 Å². The number of thiophene rings is 1. The average molecular weight is 445 g/mol. The zero-order chi connectivity index (χ0) is 22.1. The van der Waals surface area contributed by atoms with Crippen molar-refractivity contribution in [3.63, 3.8) is 0 Å². The fourth-order valence-corrected chi connectivity index (χ4v) is 5.79. The van der Waals surface area contributed by atoms with Gasteiger partial charge < -0.3 is 15.0 Å². The molecule has 2 aromatic rings. The predicted molar refractivity (Wildman–Crippen MR) is 122 cm³/mol. The number of carbonyl (C=O) groups is 2. The maximum atomic E-state index is 13.7. The molecule has 0 spiro atoms. The molecule has 0 radical (unpaired) electrons. The second-order valence-electron chi connectivity index (χ2n) is 8.71. The van der Waals surface area contributed by atoms with E-state index in [0.717, 1.165) is 55.3 Å². The van der Waals surface area contributed by atoms with Crippen molar-refractivity contribution >= 4 is 33.9 Å². The first-order chi connectivity index (χ1) is 14.8. The van der Waals surface area contributed by atoms with Crippen LogP contribution < -0.4 is 10.2 Å². The maximum Gasteiger partial charge on any atom is 0.341 e. The molecule has 1 aliphatic carbocycles. The minimum absolute atomic E-state index is 0.154. The molecule has 0 saturated carbocycles. The molecule has 1 amide bonds. The Bertz CT molecular complexity index is 1000. The van der Waals surface area contributed by atoms with Gasteiger partial charge in [-0.25, -0.2) is 9.18 Å². The van der Waals surface area contributed by atoms with Crippen LogP contribution in [0.3, 0.4) is 0 Å². The molecule has 4 rings (SSSR count). The maximum absolute atomic E-state index is 13.7. The van der Waals surface area contributed by atoms with Crippen LogP contribution in [0, 0.1) is 5.82 Å². The molecule has 2 aliphatic rings. The van der Waals surface area contributed by atoms with E-state index in [1.54, 1.807) is 12.1 Å². The number of anilines is 2. The molecule has 1 aromatic heterocycles. The quantitative estimate of drug-likeness (QED) is 0.651. The monoisotopic (exact) mass is 444 g/mol. The third-order valence-electron chi connectivity index (χ3n) is 6.00. The van der Waals surface area contributed by atoms with E-state index in [1.807, 2.05) is 18.7 Å². The number of hydrogen-bond acceptors (Lipinski definition) is 5. The van der Waals surface area contributed by atoms with Crippen molar-refractivity contribution in [2.24, 2.45) is 0 Å². The van der Waals surface area contributed by atoms with Gasteiger partial charge in [-0.3, -0.25) is 4.79 Å². The van der Waals surface area contributed by atoms with Gasteiger partial charge in [0, 0.05) is 16.6 Å². The number of fused-ring (bicyclic) bond motifs is 2. The molecule has 0 bridgehead atoms. The third-order valence-corrected chi connectivity index (χ3v) is 7.21. The van der Waals surface area contributed by atoms with Gasteiger partial charge in [0.15, 0.2) is 0 Å². The summed E-state index contributed by atoms with van der Waals surface area (Å²) >= 11 is 1.50. The third kappa shape index (κ3) is 4.61. The molecule has 1 N–H and O–H groups in total. The molecule has 1 unspecified atom stereocenters. The Labute approximate surface area is 186 Å². The van der Waals surface area contributed by atoms with Crippen LogP contribution >= 0.6 is 11.3 Å². The van der Waals surface area contributed by atoms with Crippen LogP contribution in [0.4, 0.5) is 15.1 Å². The van der Waals surface area contributed by atoms with Crippen LogP contribution in [0.15, 0.2) is 18.2 Å². The van der Waals surface area contributed by atoms with Crippen LogP contribution in [-0.4, -0.2) is 30.6 Å². The summed E-state index contributed by atoms with van der Waals surface area (Å²) in [4.78, 5) is 29.0. The number of aryl methyl sites for hydroxylation is 2. The summed E-state index contributed by atoms with van der Waals surface area (Å²) in [7, 11) is 0. The summed E-state index contributed by atoms with van der Waals surface area (Å²) in [5.41, 5.74) is 3.39. The van der Waals surface area contributed by atoms with Crippen molar-refractivity contribution in [2.75, 3.05) is 16.8 Å². The summed E-state index contributed by atoms with van der Waals surface area (Å²) in [5.74, 6) is -0.798. The minimum Gasteiger partial charge on any atom is -0.459 e. The van der Waals surface area contributed by atoms with Crippen molar-refractivity contribution in [2.45, 2.75) is 71.4 Å². The van der Waals surface area contributed by atoms with E-state index in [9.17, 15) is 14.0 Å². The molecule has 31 heavy (non-hydrogen) atoms. The highest BCUT2D eigenvalue weighted by Gasteiger charge is 2.29. The summed E-state index contributed by atoms with van der Waals surface area (Å²) in [5, 5.41) is 3.58. The molecule has 7 heteroatoms. The summed E-state index contributed by atoms with van der Waals surface area (Å²) in [6, 6.07) is 4.92. The number of hydrogen-bond donors (Lipinski definition) is 1. The Kier molecular flexibility index (Phi) is 6.32.